The van der Waals surface area contributed by atoms with Crippen LogP contribution in [0, 0.1) is 13.8 Å². The van der Waals surface area contributed by atoms with E-state index in [0.717, 1.165) is 34.4 Å². The highest BCUT2D eigenvalue weighted by Crippen LogP contribution is 2.22. The Morgan fingerprint density at radius 1 is 1.17 bits per heavy atom. The van der Waals surface area contributed by atoms with Crippen LogP contribution in [0.25, 0.3) is 6.08 Å². The summed E-state index contributed by atoms with van der Waals surface area (Å²) >= 11 is 0. The summed E-state index contributed by atoms with van der Waals surface area (Å²) in [5.41, 5.74) is 4.24. The van der Waals surface area contributed by atoms with Gasteiger partial charge >= 0.3 is 0 Å². The van der Waals surface area contributed by atoms with Crippen LogP contribution in [0.2, 0.25) is 0 Å². The van der Waals surface area contributed by atoms with Crippen molar-refractivity contribution in [3.63, 3.8) is 0 Å². The van der Waals surface area contributed by atoms with Gasteiger partial charge in [-0.15, -0.1) is 0 Å². The van der Waals surface area contributed by atoms with Crippen LogP contribution in [0.3, 0.4) is 0 Å². The average Bonchev–Trinajstić information content (AvgIpc) is 2.55. The predicted molar refractivity (Wildman–Crippen MR) is 96.3 cm³/mol. The molecular formula is C20H23NO3. The molecule has 0 saturated heterocycles. The number of carbonyl (C=O) groups is 1. The van der Waals surface area contributed by atoms with E-state index in [4.69, 9.17) is 4.74 Å². The molecule has 0 aliphatic carbocycles. The van der Waals surface area contributed by atoms with Crippen LogP contribution in [0.1, 0.15) is 22.3 Å². The maximum atomic E-state index is 11.9. The molecule has 0 saturated carbocycles. The molecule has 126 valence electrons. The highest BCUT2D eigenvalue weighted by Gasteiger charge is 2.04. The third-order valence-corrected chi connectivity index (χ3v) is 3.85. The monoisotopic (exact) mass is 325 g/mol. The molecule has 0 aliphatic heterocycles. The van der Waals surface area contributed by atoms with Gasteiger partial charge in [-0.2, -0.15) is 0 Å². The fourth-order valence-electron chi connectivity index (χ4n) is 2.53. The Balaban J connectivity index is 1.90. The summed E-state index contributed by atoms with van der Waals surface area (Å²) in [5, 5.41) is 12.1. The molecule has 1 amide bonds. The molecule has 0 bridgehead atoms. The van der Waals surface area contributed by atoms with Crippen LogP contribution >= 0.6 is 0 Å². The lowest BCUT2D eigenvalue weighted by atomic mass is 10.0. The van der Waals surface area contributed by atoms with Gasteiger partial charge in [0.05, 0.1) is 7.11 Å². The Bertz CT molecular complexity index is 710. The number of methoxy groups -OCH3 is 1. The van der Waals surface area contributed by atoms with Gasteiger partial charge in [-0.3, -0.25) is 4.79 Å². The first-order valence-corrected chi connectivity index (χ1v) is 7.88. The molecule has 2 aromatic rings. The van der Waals surface area contributed by atoms with Gasteiger partial charge < -0.3 is 15.2 Å². The average molecular weight is 325 g/mol. The van der Waals surface area contributed by atoms with E-state index >= 15 is 0 Å². The number of ether oxygens (including phenoxy) is 1. The molecule has 0 atom stereocenters. The second-order valence-corrected chi connectivity index (χ2v) is 5.72. The van der Waals surface area contributed by atoms with Crippen LogP contribution < -0.4 is 10.1 Å². The molecule has 0 fully saturated rings. The SMILES string of the molecule is COc1cc(C)c(/C=C/C(=O)NCCc2ccc(O)cc2)c(C)c1. The Hall–Kier alpha value is -2.75. The highest BCUT2D eigenvalue weighted by molar-refractivity contribution is 5.92. The van der Waals surface area contributed by atoms with Crippen molar-refractivity contribution in [2.24, 2.45) is 0 Å². The number of rotatable bonds is 6. The Morgan fingerprint density at radius 2 is 1.79 bits per heavy atom. The molecule has 0 spiro atoms. The van der Waals surface area contributed by atoms with Crippen LogP contribution in [0.5, 0.6) is 11.5 Å². The second kappa shape index (κ2) is 8.20. The van der Waals surface area contributed by atoms with Gasteiger partial charge in [0.15, 0.2) is 0 Å². The van der Waals surface area contributed by atoms with E-state index in [9.17, 15) is 9.90 Å². The van der Waals surface area contributed by atoms with Crippen LogP contribution in [-0.4, -0.2) is 24.7 Å². The Labute approximate surface area is 142 Å². The van der Waals surface area contributed by atoms with Crippen molar-refractivity contribution < 1.29 is 14.6 Å². The van der Waals surface area contributed by atoms with Gasteiger partial charge in [0.2, 0.25) is 5.91 Å². The number of nitrogens with one attached hydrogen (secondary N) is 1. The van der Waals surface area contributed by atoms with E-state index in [1.54, 1.807) is 25.3 Å². The third-order valence-electron chi connectivity index (χ3n) is 3.85. The molecule has 0 aromatic heterocycles. The van der Waals surface area contributed by atoms with Crippen LogP contribution in [0.15, 0.2) is 42.5 Å². The van der Waals surface area contributed by atoms with E-state index in [1.165, 1.54) is 0 Å². The lowest BCUT2D eigenvalue weighted by molar-refractivity contribution is -0.116. The topological polar surface area (TPSA) is 58.6 Å². The smallest absolute Gasteiger partial charge is 0.244 e. The van der Waals surface area contributed by atoms with Gasteiger partial charge in [0.1, 0.15) is 11.5 Å². The number of hydrogen-bond acceptors (Lipinski definition) is 3. The van der Waals surface area contributed by atoms with E-state index in [-0.39, 0.29) is 11.7 Å². The Morgan fingerprint density at radius 3 is 2.38 bits per heavy atom. The fourth-order valence-corrected chi connectivity index (χ4v) is 2.53. The molecular weight excluding hydrogens is 302 g/mol. The molecule has 2 rings (SSSR count). The number of amides is 1. The number of aryl methyl sites for hydroxylation is 2. The summed E-state index contributed by atoms with van der Waals surface area (Å²) in [4.78, 5) is 11.9. The normalized spacial score (nSPS) is 10.8. The van der Waals surface area contributed by atoms with E-state index < -0.39 is 0 Å². The largest absolute Gasteiger partial charge is 0.508 e. The molecule has 4 heteroatoms. The Kier molecular flexibility index (Phi) is 6.01. The summed E-state index contributed by atoms with van der Waals surface area (Å²) in [6.45, 7) is 4.55. The van der Waals surface area contributed by atoms with E-state index in [2.05, 4.69) is 5.32 Å². The number of benzene rings is 2. The summed E-state index contributed by atoms with van der Waals surface area (Å²) in [5.74, 6) is 0.944. The number of carbonyl (C=O) groups excluding carboxylic acids is 1. The molecule has 0 heterocycles. The summed E-state index contributed by atoms with van der Waals surface area (Å²) in [6.07, 6.45) is 4.11. The van der Waals surface area contributed by atoms with Gasteiger partial charge in [-0.25, -0.2) is 0 Å². The summed E-state index contributed by atoms with van der Waals surface area (Å²) in [6, 6.07) is 10.9. The lowest BCUT2D eigenvalue weighted by Crippen LogP contribution is -2.23. The molecule has 0 aliphatic rings. The molecule has 0 unspecified atom stereocenters. The molecule has 24 heavy (non-hydrogen) atoms. The van der Waals surface area contributed by atoms with Gasteiger partial charge in [-0.05, 0) is 72.9 Å². The van der Waals surface area contributed by atoms with E-state index in [0.29, 0.717) is 6.54 Å². The number of aromatic hydroxyl groups is 1. The molecule has 4 nitrogen and oxygen atoms in total. The molecule has 0 radical (unpaired) electrons. The van der Waals surface area contributed by atoms with Gasteiger partial charge in [0.25, 0.3) is 0 Å². The first-order valence-electron chi connectivity index (χ1n) is 7.88. The third kappa shape index (κ3) is 4.88. The van der Waals surface area contributed by atoms with Gasteiger partial charge in [0, 0.05) is 12.6 Å². The zero-order valence-corrected chi connectivity index (χ0v) is 14.3. The predicted octanol–water partition coefficient (Wildman–Crippen LogP) is 3.39. The van der Waals surface area contributed by atoms with Crippen molar-refractivity contribution in [2.75, 3.05) is 13.7 Å². The minimum atomic E-state index is -0.122. The van der Waals surface area contributed by atoms with Crippen molar-refractivity contribution in [1.82, 2.24) is 5.32 Å². The molecule has 2 aromatic carbocycles. The van der Waals surface area contributed by atoms with Crippen molar-refractivity contribution in [3.05, 3.63) is 64.7 Å². The summed E-state index contributed by atoms with van der Waals surface area (Å²) < 4.78 is 5.24. The fraction of sp³-hybridized carbons (Fsp3) is 0.250. The maximum Gasteiger partial charge on any atom is 0.244 e. The first-order chi connectivity index (χ1) is 11.5. The van der Waals surface area contributed by atoms with Crippen LogP contribution in [-0.2, 0) is 11.2 Å². The van der Waals surface area contributed by atoms with Crippen molar-refractivity contribution in [1.29, 1.82) is 0 Å². The van der Waals surface area contributed by atoms with E-state index in [1.807, 2.05) is 44.2 Å². The van der Waals surface area contributed by atoms with Gasteiger partial charge in [-0.1, -0.05) is 12.1 Å². The maximum absolute atomic E-state index is 11.9. The number of phenols is 1. The second-order valence-electron chi connectivity index (χ2n) is 5.72. The number of hydrogen-bond donors (Lipinski definition) is 2. The standard InChI is InChI=1S/C20H23NO3/c1-14-12-18(24-3)13-15(2)19(14)8-9-20(23)21-11-10-16-4-6-17(22)7-5-16/h4-9,12-13,22H,10-11H2,1-3H3,(H,21,23)/b9-8+. The van der Waals surface area contributed by atoms with Crippen molar-refractivity contribution in [3.8, 4) is 11.5 Å². The highest BCUT2D eigenvalue weighted by atomic mass is 16.5. The van der Waals surface area contributed by atoms with Crippen molar-refractivity contribution in [2.45, 2.75) is 20.3 Å². The zero-order chi connectivity index (χ0) is 17.5. The van der Waals surface area contributed by atoms with Crippen molar-refractivity contribution >= 4 is 12.0 Å². The first kappa shape index (κ1) is 17.6. The minimum Gasteiger partial charge on any atom is -0.508 e. The summed E-state index contributed by atoms with van der Waals surface area (Å²) in [7, 11) is 1.64. The zero-order valence-electron chi connectivity index (χ0n) is 14.3. The minimum absolute atomic E-state index is 0.122. The quantitative estimate of drug-likeness (QED) is 0.800. The van der Waals surface area contributed by atoms with Crippen LogP contribution in [0.4, 0.5) is 0 Å². The lowest BCUT2D eigenvalue weighted by Gasteiger charge is -2.09. The number of phenolic OH excluding ortho intramolecular Hbond substituents is 1. The molecule has 2 N–H and O–H groups in total.